The van der Waals surface area contributed by atoms with Crippen molar-refractivity contribution < 1.29 is 44.2 Å². The van der Waals surface area contributed by atoms with E-state index in [1.54, 1.807) is 0 Å². The van der Waals surface area contributed by atoms with E-state index < -0.39 is 0 Å². The fourth-order valence-electron chi connectivity index (χ4n) is 11.5. The summed E-state index contributed by atoms with van der Waals surface area (Å²) in [5, 5.41) is 40.3. The Morgan fingerprint density at radius 2 is 0.797 bits per heavy atom. The van der Waals surface area contributed by atoms with Gasteiger partial charge in [-0.2, -0.15) is 0 Å². The monoisotopic (exact) mass is 1130 g/mol. The molecule has 0 spiro atoms. The number of rotatable bonds is 53. The Hall–Kier alpha value is -1.34. The van der Waals surface area contributed by atoms with Gasteiger partial charge in [-0.05, 0) is 64.0 Å². The highest BCUT2D eigenvalue weighted by molar-refractivity contribution is 5.69. The van der Waals surface area contributed by atoms with E-state index in [-0.39, 0.29) is 62.4 Å². The number of esters is 1. The van der Waals surface area contributed by atoms with Crippen molar-refractivity contribution in [2.24, 2.45) is 11.8 Å². The molecule has 4 N–H and O–H groups in total. The Labute approximate surface area is 492 Å². The second kappa shape index (κ2) is 62.7. The standard InChI is InChI=1S/C62H122N2O7.2C2H6.CH2O2.CH4/c1-6-10-14-18-22-26-30-34-40-54(5)48-63(49-56(65)42-35-31-27-23-19-15-11-7-2)47-39-45-60(68)71-59-53-70-61-55(52-69-62(59)61)41-38-46-64(50-57(66)43-36-32-28-24-20-16-12-8-3)51-58(67)44-37-33-29-25-21-17-13-9-4;2*1-2;2-1-3;/h54-59,61-62,65-67H,6-53H2,1-5H3;2*1-2H3;1H,(H,2,3);1H4. The maximum atomic E-state index is 13.3. The highest BCUT2D eigenvalue weighted by Crippen LogP contribution is 2.35. The van der Waals surface area contributed by atoms with E-state index in [2.05, 4.69) is 44.4 Å². The van der Waals surface area contributed by atoms with Crippen molar-refractivity contribution in [1.82, 2.24) is 9.80 Å². The van der Waals surface area contributed by atoms with Crippen LogP contribution in [-0.4, -0.2) is 132 Å². The van der Waals surface area contributed by atoms with Gasteiger partial charge in [-0.1, -0.05) is 275 Å². The number of carbonyl (C=O) groups is 2. The number of carbonyl (C=O) groups excluding carboxylic acids is 1. The van der Waals surface area contributed by atoms with Gasteiger partial charge in [0, 0.05) is 38.5 Å². The summed E-state index contributed by atoms with van der Waals surface area (Å²) in [4.78, 5) is 26.4. The Morgan fingerprint density at radius 3 is 1.18 bits per heavy atom. The molecule has 2 heterocycles. The van der Waals surface area contributed by atoms with Gasteiger partial charge in [0.25, 0.3) is 6.47 Å². The lowest BCUT2D eigenvalue weighted by molar-refractivity contribution is -0.154. The van der Waals surface area contributed by atoms with E-state index in [1.807, 2.05) is 27.7 Å². The number of ether oxygens (including phenoxy) is 3. The largest absolute Gasteiger partial charge is 0.483 e. The normalized spacial score (nSPS) is 18.1. The molecule has 0 aromatic carbocycles. The van der Waals surface area contributed by atoms with Gasteiger partial charge in [0.05, 0.1) is 37.6 Å². The minimum absolute atomic E-state index is 0. The van der Waals surface area contributed by atoms with Crippen LogP contribution in [0.3, 0.4) is 0 Å². The van der Waals surface area contributed by atoms with Crippen LogP contribution in [0.25, 0.3) is 0 Å². The lowest BCUT2D eigenvalue weighted by Gasteiger charge is -2.28. The molecule has 0 saturated carbocycles. The van der Waals surface area contributed by atoms with Gasteiger partial charge in [0.15, 0.2) is 6.10 Å². The van der Waals surface area contributed by atoms with Crippen molar-refractivity contribution in [2.45, 2.75) is 363 Å². The van der Waals surface area contributed by atoms with Crippen LogP contribution < -0.4 is 0 Å². The molecule has 0 aromatic heterocycles. The molecule has 0 radical (unpaired) electrons. The Kier molecular flexibility index (Phi) is 65.0. The molecule has 79 heavy (non-hydrogen) atoms. The van der Waals surface area contributed by atoms with Crippen LogP contribution in [0.2, 0.25) is 0 Å². The first-order valence-electron chi connectivity index (χ1n) is 34.1. The van der Waals surface area contributed by atoms with Crippen LogP contribution in [0.4, 0.5) is 0 Å². The molecule has 476 valence electrons. The summed E-state index contributed by atoms with van der Waals surface area (Å²) in [6.45, 7) is 24.7. The minimum Gasteiger partial charge on any atom is -0.483 e. The molecule has 0 aromatic rings. The highest BCUT2D eigenvalue weighted by Gasteiger charge is 2.49. The van der Waals surface area contributed by atoms with Crippen molar-refractivity contribution in [3.05, 3.63) is 0 Å². The first kappa shape index (κ1) is 81.9. The zero-order chi connectivity index (χ0) is 58.1. The van der Waals surface area contributed by atoms with Gasteiger partial charge < -0.3 is 39.5 Å². The second-order valence-corrected chi connectivity index (χ2v) is 23.4. The van der Waals surface area contributed by atoms with Crippen LogP contribution in [0.1, 0.15) is 327 Å². The topological polar surface area (TPSA) is 149 Å². The summed E-state index contributed by atoms with van der Waals surface area (Å²) >= 11 is 0. The van der Waals surface area contributed by atoms with Crippen LogP contribution in [0.15, 0.2) is 0 Å². The van der Waals surface area contributed by atoms with E-state index in [4.69, 9.17) is 24.1 Å². The summed E-state index contributed by atoms with van der Waals surface area (Å²) in [5.41, 5.74) is 0. The lowest BCUT2D eigenvalue weighted by Crippen LogP contribution is -2.39. The third kappa shape index (κ3) is 49.8. The Balaban J connectivity index is -0.00000688. The van der Waals surface area contributed by atoms with Crippen LogP contribution in [0.5, 0.6) is 0 Å². The zero-order valence-electron chi connectivity index (χ0n) is 53.4. The predicted molar refractivity (Wildman–Crippen MR) is 338 cm³/mol. The number of hydrogen-bond donors (Lipinski definition) is 4. The summed E-state index contributed by atoms with van der Waals surface area (Å²) in [5.74, 6) is 0.630. The zero-order valence-corrected chi connectivity index (χ0v) is 53.4. The molecule has 11 nitrogen and oxygen atoms in total. The van der Waals surface area contributed by atoms with Gasteiger partial charge in [0.1, 0.15) is 6.10 Å². The van der Waals surface area contributed by atoms with Crippen LogP contribution in [-0.2, 0) is 23.8 Å². The number of carboxylic acid groups (broad SMARTS) is 1. The molecule has 8 unspecified atom stereocenters. The molecule has 2 rings (SSSR count). The van der Waals surface area contributed by atoms with E-state index in [1.165, 1.54) is 193 Å². The van der Waals surface area contributed by atoms with Gasteiger partial charge in [-0.3, -0.25) is 14.5 Å². The smallest absolute Gasteiger partial charge is 0.306 e. The molecular formula is C68H140N2O9. The van der Waals surface area contributed by atoms with Crippen molar-refractivity contribution in [1.29, 1.82) is 0 Å². The lowest BCUT2D eigenvalue weighted by atomic mass is 9.96. The number of unbranched alkanes of at least 4 members (excludes halogenated alkanes) is 28. The molecule has 2 aliphatic rings. The third-order valence-corrected chi connectivity index (χ3v) is 16.0. The van der Waals surface area contributed by atoms with Crippen molar-refractivity contribution in [2.75, 3.05) is 52.5 Å². The number of nitrogens with zero attached hydrogens (tertiary/aromatic N) is 2. The molecular weight excluding hydrogens is 989 g/mol. The number of fused-ring (bicyclic) bond motifs is 1. The Bertz CT molecular complexity index is 1160. The molecule has 0 amide bonds. The molecule has 8 atom stereocenters. The van der Waals surface area contributed by atoms with Crippen LogP contribution >= 0.6 is 0 Å². The highest BCUT2D eigenvalue weighted by atomic mass is 16.6. The molecule has 2 aliphatic heterocycles. The van der Waals surface area contributed by atoms with E-state index >= 15 is 0 Å². The van der Waals surface area contributed by atoms with Crippen LogP contribution in [0, 0.1) is 11.8 Å². The maximum Gasteiger partial charge on any atom is 0.306 e. The maximum absolute atomic E-state index is 13.3. The van der Waals surface area contributed by atoms with Gasteiger partial charge in [-0.25, -0.2) is 0 Å². The molecule has 2 fully saturated rings. The summed E-state index contributed by atoms with van der Waals surface area (Å²) < 4.78 is 18.7. The summed E-state index contributed by atoms with van der Waals surface area (Å²) in [6.07, 6.45) is 46.1. The summed E-state index contributed by atoms with van der Waals surface area (Å²) in [7, 11) is 0. The fraction of sp³-hybridized carbons (Fsp3) is 0.971. The molecule has 0 bridgehead atoms. The second-order valence-electron chi connectivity index (χ2n) is 23.4. The average Bonchev–Trinajstić information content (AvgIpc) is 4.04. The first-order valence-corrected chi connectivity index (χ1v) is 34.1. The quantitative estimate of drug-likeness (QED) is 0.0262. The van der Waals surface area contributed by atoms with Gasteiger partial charge in [0.2, 0.25) is 0 Å². The van der Waals surface area contributed by atoms with Crippen molar-refractivity contribution in [3.63, 3.8) is 0 Å². The van der Waals surface area contributed by atoms with Gasteiger partial charge in [-0.15, -0.1) is 0 Å². The van der Waals surface area contributed by atoms with E-state index in [0.29, 0.717) is 45.2 Å². The van der Waals surface area contributed by atoms with Gasteiger partial charge >= 0.3 is 5.97 Å². The first-order chi connectivity index (χ1) is 38.1. The SMILES string of the molecule is C.CC.CC.CCCCCCCCCCC(C)CN(CCCC(=O)OC1COC2C(CCCN(CC(O)CCCCCCCCCC)CC(O)CCCCCCCCCC)COC12)CC(O)CCCCCCCCCC.O=CO. The van der Waals surface area contributed by atoms with E-state index in [9.17, 15) is 20.1 Å². The average molecular weight is 1130 g/mol. The Morgan fingerprint density at radius 1 is 0.481 bits per heavy atom. The summed E-state index contributed by atoms with van der Waals surface area (Å²) in [6, 6.07) is 0. The number of aliphatic hydroxyl groups is 3. The number of hydrogen-bond acceptors (Lipinski definition) is 10. The minimum atomic E-state index is -0.372. The fourth-order valence-corrected chi connectivity index (χ4v) is 11.5. The third-order valence-electron chi connectivity index (χ3n) is 16.0. The van der Waals surface area contributed by atoms with E-state index in [0.717, 1.165) is 77.4 Å². The van der Waals surface area contributed by atoms with Crippen molar-refractivity contribution in [3.8, 4) is 0 Å². The molecule has 2 saturated heterocycles. The predicted octanol–water partition coefficient (Wildman–Crippen LogP) is 17.7. The number of aliphatic hydroxyl groups excluding tert-OH is 3. The molecule has 11 heteroatoms. The molecule has 0 aliphatic carbocycles. The van der Waals surface area contributed by atoms with Crippen molar-refractivity contribution >= 4 is 12.4 Å².